The van der Waals surface area contributed by atoms with Gasteiger partial charge in [-0.3, -0.25) is 4.79 Å². The van der Waals surface area contributed by atoms with Gasteiger partial charge in [0.05, 0.1) is 12.0 Å². The molecular formula is C16H19ClO2. The molecule has 1 aromatic carbocycles. The molecule has 0 amide bonds. The maximum Gasteiger partial charge on any atom is 0.317 e. The van der Waals surface area contributed by atoms with Crippen molar-refractivity contribution in [3.63, 3.8) is 0 Å². The maximum absolute atomic E-state index is 12.4. The Hall–Kier alpha value is -1.54. The Morgan fingerprint density at radius 2 is 1.79 bits per heavy atom. The van der Waals surface area contributed by atoms with E-state index in [9.17, 15) is 4.79 Å². The van der Waals surface area contributed by atoms with Gasteiger partial charge >= 0.3 is 5.97 Å². The van der Waals surface area contributed by atoms with Crippen LogP contribution in [-0.2, 0) is 14.9 Å². The van der Waals surface area contributed by atoms with Crippen molar-refractivity contribution >= 4 is 17.6 Å². The molecule has 2 nitrogen and oxygen atoms in total. The van der Waals surface area contributed by atoms with E-state index in [0.717, 1.165) is 5.56 Å². The van der Waals surface area contributed by atoms with Gasteiger partial charge in [0.25, 0.3) is 0 Å². The molecule has 19 heavy (non-hydrogen) atoms. The van der Waals surface area contributed by atoms with Crippen molar-refractivity contribution in [1.29, 1.82) is 0 Å². The lowest BCUT2D eigenvalue weighted by molar-refractivity contribution is -0.150. The molecule has 0 heterocycles. The topological polar surface area (TPSA) is 26.3 Å². The van der Waals surface area contributed by atoms with Crippen molar-refractivity contribution in [3.8, 4) is 0 Å². The molecule has 3 heteroatoms. The molecule has 0 fully saturated rings. The van der Waals surface area contributed by atoms with Crippen molar-refractivity contribution in [3.05, 3.63) is 60.2 Å². The van der Waals surface area contributed by atoms with Crippen LogP contribution in [-0.4, -0.2) is 12.6 Å². The molecule has 0 unspecified atom stereocenters. The lowest BCUT2D eigenvalue weighted by atomic mass is 9.75. The van der Waals surface area contributed by atoms with Crippen LogP contribution >= 0.6 is 11.6 Å². The number of hydrogen-bond acceptors (Lipinski definition) is 2. The zero-order valence-corrected chi connectivity index (χ0v) is 12.0. The summed E-state index contributed by atoms with van der Waals surface area (Å²) in [5, 5.41) is 0.638. The van der Waals surface area contributed by atoms with Gasteiger partial charge < -0.3 is 4.74 Å². The molecule has 0 aliphatic carbocycles. The Kier molecular flexibility index (Phi) is 5.84. The third kappa shape index (κ3) is 3.48. The summed E-state index contributed by atoms with van der Waals surface area (Å²) >= 11 is 5.90. The SMILES string of the molecule is C=CCC(CC=C)(C(=O)OCC)c1ccc(Cl)cc1. The minimum atomic E-state index is -0.760. The van der Waals surface area contributed by atoms with Gasteiger partial charge in [0.2, 0.25) is 0 Å². The monoisotopic (exact) mass is 278 g/mol. The largest absolute Gasteiger partial charge is 0.465 e. The first-order valence-corrected chi connectivity index (χ1v) is 6.63. The third-order valence-corrected chi connectivity index (χ3v) is 3.30. The van der Waals surface area contributed by atoms with Crippen molar-refractivity contribution in [2.24, 2.45) is 0 Å². The van der Waals surface area contributed by atoms with Crippen LogP contribution < -0.4 is 0 Å². The number of carbonyl (C=O) groups is 1. The summed E-state index contributed by atoms with van der Waals surface area (Å²) in [4.78, 5) is 12.4. The number of allylic oxidation sites excluding steroid dienone is 2. The average molecular weight is 279 g/mol. The van der Waals surface area contributed by atoms with Crippen molar-refractivity contribution in [1.82, 2.24) is 0 Å². The second-order valence-electron chi connectivity index (χ2n) is 4.30. The van der Waals surface area contributed by atoms with E-state index in [1.54, 1.807) is 31.2 Å². The van der Waals surface area contributed by atoms with Crippen LogP contribution in [0.15, 0.2) is 49.6 Å². The highest BCUT2D eigenvalue weighted by Gasteiger charge is 2.39. The van der Waals surface area contributed by atoms with Crippen LogP contribution in [0.2, 0.25) is 5.02 Å². The van der Waals surface area contributed by atoms with Crippen molar-refractivity contribution < 1.29 is 9.53 Å². The zero-order chi connectivity index (χ0) is 14.3. The van der Waals surface area contributed by atoms with E-state index in [0.29, 0.717) is 24.5 Å². The van der Waals surface area contributed by atoms with Gasteiger partial charge in [-0.15, -0.1) is 13.2 Å². The molecule has 0 saturated heterocycles. The number of halogens is 1. The fourth-order valence-electron chi connectivity index (χ4n) is 2.13. The Bertz CT molecular complexity index is 438. The van der Waals surface area contributed by atoms with Gasteiger partial charge in [0.15, 0.2) is 0 Å². The Morgan fingerprint density at radius 3 is 2.21 bits per heavy atom. The van der Waals surface area contributed by atoms with Crippen molar-refractivity contribution in [2.45, 2.75) is 25.2 Å². The Balaban J connectivity index is 3.28. The molecule has 0 atom stereocenters. The van der Waals surface area contributed by atoms with E-state index in [1.165, 1.54) is 0 Å². The van der Waals surface area contributed by atoms with Crippen LogP contribution in [0.1, 0.15) is 25.3 Å². The van der Waals surface area contributed by atoms with Gasteiger partial charge in [-0.2, -0.15) is 0 Å². The molecule has 1 aromatic rings. The summed E-state index contributed by atoms with van der Waals surface area (Å²) in [5.74, 6) is -0.253. The molecule has 0 bridgehead atoms. The summed E-state index contributed by atoms with van der Waals surface area (Å²) < 4.78 is 5.23. The predicted octanol–water partition coefficient (Wildman–Crippen LogP) is 4.29. The number of carbonyl (C=O) groups excluding carboxylic acids is 1. The Morgan fingerprint density at radius 1 is 1.26 bits per heavy atom. The summed E-state index contributed by atoms with van der Waals surface area (Å²) in [5.41, 5.74) is 0.111. The second-order valence-corrected chi connectivity index (χ2v) is 4.73. The molecule has 0 N–H and O–H groups in total. The average Bonchev–Trinajstić information content (AvgIpc) is 2.39. The Labute approximate surface area is 119 Å². The fourth-order valence-corrected chi connectivity index (χ4v) is 2.26. The predicted molar refractivity (Wildman–Crippen MR) is 79.4 cm³/mol. The van der Waals surface area contributed by atoms with Gasteiger partial charge in [-0.1, -0.05) is 35.9 Å². The van der Waals surface area contributed by atoms with E-state index < -0.39 is 5.41 Å². The second kappa shape index (κ2) is 7.15. The molecule has 1 rings (SSSR count). The standard InChI is InChI=1S/C16H19ClO2/c1-4-11-16(12-5-2,15(18)19-6-3)13-7-9-14(17)10-8-13/h4-5,7-10H,1-2,6,11-12H2,3H3. The first-order chi connectivity index (χ1) is 9.10. The quantitative estimate of drug-likeness (QED) is 0.549. The van der Waals surface area contributed by atoms with E-state index in [2.05, 4.69) is 13.2 Å². The summed E-state index contributed by atoms with van der Waals surface area (Å²) in [6, 6.07) is 7.26. The summed E-state index contributed by atoms with van der Waals surface area (Å²) in [6.45, 7) is 9.64. The molecule has 0 aromatic heterocycles. The maximum atomic E-state index is 12.4. The normalized spacial score (nSPS) is 10.8. The van der Waals surface area contributed by atoms with E-state index >= 15 is 0 Å². The first kappa shape index (κ1) is 15.5. The van der Waals surface area contributed by atoms with Gasteiger partial charge in [0, 0.05) is 5.02 Å². The van der Waals surface area contributed by atoms with Crippen LogP contribution in [0.4, 0.5) is 0 Å². The summed E-state index contributed by atoms with van der Waals surface area (Å²) in [6.07, 6.45) is 4.46. The third-order valence-electron chi connectivity index (χ3n) is 3.05. The van der Waals surface area contributed by atoms with Crippen LogP contribution in [0.5, 0.6) is 0 Å². The van der Waals surface area contributed by atoms with Gasteiger partial charge in [-0.05, 0) is 37.5 Å². The molecular weight excluding hydrogens is 260 g/mol. The highest BCUT2D eigenvalue weighted by atomic mass is 35.5. The van der Waals surface area contributed by atoms with E-state index in [1.807, 2.05) is 12.1 Å². The summed E-state index contributed by atoms with van der Waals surface area (Å²) in [7, 11) is 0. The van der Waals surface area contributed by atoms with E-state index in [4.69, 9.17) is 16.3 Å². The van der Waals surface area contributed by atoms with Crippen LogP contribution in [0.25, 0.3) is 0 Å². The molecule has 0 spiro atoms. The molecule has 0 saturated carbocycles. The highest BCUT2D eigenvalue weighted by molar-refractivity contribution is 6.30. The smallest absolute Gasteiger partial charge is 0.317 e. The number of ether oxygens (including phenoxy) is 1. The molecule has 0 aliphatic rings. The first-order valence-electron chi connectivity index (χ1n) is 6.25. The lowest BCUT2D eigenvalue weighted by Gasteiger charge is -2.30. The highest BCUT2D eigenvalue weighted by Crippen LogP contribution is 2.35. The van der Waals surface area contributed by atoms with E-state index in [-0.39, 0.29) is 5.97 Å². The zero-order valence-electron chi connectivity index (χ0n) is 11.2. The number of esters is 1. The minimum absolute atomic E-state index is 0.253. The molecule has 102 valence electrons. The molecule has 0 aliphatic heterocycles. The fraction of sp³-hybridized carbons (Fsp3) is 0.312. The number of hydrogen-bond donors (Lipinski definition) is 0. The van der Waals surface area contributed by atoms with Crippen LogP contribution in [0.3, 0.4) is 0 Å². The van der Waals surface area contributed by atoms with Crippen LogP contribution in [0, 0.1) is 0 Å². The van der Waals surface area contributed by atoms with Crippen molar-refractivity contribution in [2.75, 3.05) is 6.61 Å². The van der Waals surface area contributed by atoms with Gasteiger partial charge in [-0.25, -0.2) is 0 Å². The van der Waals surface area contributed by atoms with Gasteiger partial charge in [0.1, 0.15) is 0 Å². The number of rotatable bonds is 7. The number of benzene rings is 1. The molecule has 0 radical (unpaired) electrons. The minimum Gasteiger partial charge on any atom is -0.465 e. The lowest BCUT2D eigenvalue weighted by Crippen LogP contribution is -2.36.